The predicted molar refractivity (Wildman–Crippen MR) is 76.3 cm³/mol. The van der Waals surface area contributed by atoms with Crippen molar-refractivity contribution in [2.45, 2.75) is 19.8 Å². The molecule has 0 aromatic heterocycles. The topological polar surface area (TPSA) is 61.9 Å². The molecule has 19 heavy (non-hydrogen) atoms. The number of nitrogens with zero attached hydrogens (tertiary/aromatic N) is 2. The summed E-state index contributed by atoms with van der Waals surface area (Å²) < 4.78 is 32.8. The highest BCUT2D eigenvalue weighted by Gasteiger charge is 2.30. The second-order valence-electron chi connectivity index (χ2n) is 4.93. The minimum absolute atomic E-state index is 0.409. The Morgan fingerprint density at radius 3 is 2.53 bits per heavy atom. The van der Waals surface area contributed by atoms with Crippen LogP contribution in [0.2, 0.25) is 0 Å². The van der Waals surface area contributed by atoms with Crippen molar-refractivity contribution < 1.29 is 13.2 Å². The van der Waals surface area contributed by atoms with Gasteiger partial charge in [-0.2, -0.15) is 17.0 Å². The molecule has 0 aromatic carbocycles. The third kappa shape index (κ3) is 5.00. The summed E-state index contributed by atoms with van der Waals surface area (Å²) in [6.45, 7) is 5.58. The number of rotatable bonds is 8. The van der Waals surface area contributed by atoms with E-state index in [4.69, 9.17) is 4.74 Å². The Morgan fingerprint density at radius 1 is 1.37 bits per heavy atom. The molecule has 0 aliphatic carbocycles. The van der Waals surface area contributed by atoms with E-state index in [9.17, 15) is 8.42 Å². The SMILES string of the molecule is CCOCCN(C)S(=O)(=O)N1CCC(CNC)CC1. The van der Waals surface area contributed by atoms with Crippen LogP contribution in [-0.2, 0) is 14.9 Å². The molecule has 1 N–H and O–H groups in total. The highest BCUT2D eigenvalue weighted by molar-refractivity contribution is 7.86. The van der Waals surface area contributed by atoms with Crippen LogP contribution in [0, 0.1) is 5.92 Å². The van der Waals surface area contributed by atoms with E-state index in [-0.39, 0.29) is 0 Å². The lowest BCUT2D eigenvalue weighted by molar-refractivity contribution is 0.136. The maximum Gasteiger partial charge on any atom is 0.281 e. The molecule has 1 heterocycles. The van der Waals surface area contributed by atoms with E-state index in [0.717, 1.165) is 19.4 Å². The Bertz CT molecular complexity index is 340. The van der Waals surface area contributed by atoms with Gasteiger partial charge in [-0.25, -0.2) is 0 Å². The molecule has 1 aliphatic heterocycles. The van der Waals surface area contributed by atoms with E-state index < -0.39 is 10.2 Å². The molecule has 0 saturated carbocycles. The standard InChI is InChI=1S/C12H27N3O3S/c1-4-18-10-9-14(3)19(16,17)15-7-5-12(6-8-15)11-13-2/h12-13H,4-11H2,1-3H3. The van der Waals surface area contributed by atoms with Crippen molar-refractivity contribution in [3.05, 3.63) is 0 Å². The van der Waals surface area contributed by atoms with Gasteiger partial charge in [0.2, 0.25) is 0 Å². The zero-order chi connectivity index (χ0) is 14.3. The van der Waals surface area contributed by atoms with Crippen molar-refractivity contribution >= 4 is 10.2 Å². The molecule has 0 atom stereocenters. The molecule has 0 spiro atoms. The van der Waals surface area contributed by atoms with Crippen LogP contribution in [0.5, 0.6) is 0 Å². The van der Waals surface area contributed by atoms with Gasteiger partial charge < -0.3 is 10.1 Å². The Hall–Kier alpha value is -0.210. The summed E-state index contributed by atoms with van der Waals surface area (Å²) in [4.78, 5) is 0. The van der Waals surface area contributed by atoms with Crippen LogP contribution in [-0.4, -0.2) is 70.5 Å². The lowest BCUT2D eigenvalue weighted by Gasteiger charge is -2.33. The summed E-state index contributed by atoms with van der Waals surface area (Å²) in [5.74, 6) is 0.588. The lowest BCUT2D eigenvalue weighted by atomic mass is 9.98. The molecule has 0 amide bonds. The van der Waals surface area contributed by atoms with E-state index in [1.165, 1.54) is 4.31 Å². The predicted octanol–water partition coefficient (Wildman–Crippen LogP) is 0.131. The number of hydrogen-bond acceptors (Lipinski definition) is 4. The number of piperidine rings is 1. The van der Waals surface area contributed by atoms with Crippen LogP contribution in [0.15, 0.2) is 0 Å². The highest BCUT2D eigenvalue weighted by atomic mass is 32.2. The van der Waals surface area contributed by atoms with Gasteiger partial charge in [-0.3, -0.25) is 0 Å². The van der Waals surface area contributed by atoms with Crippen LogP contribution in [0.25, 0.3) is 0 Å². The Labute approximate surface area is 117 Å². The van der Waals surface area contributed by atoms with E-state index in [1.54, 1.807) is 11.4 Å². The summed E-state index contributed by atoms with van der Waals surface area (Å²) in [6.07, 6.45) is 1.86. The summed E-state index contributed by atoms with van der Waals surface area (Å²) >= 11 is 0. The van der Waals surface area contributed by atoms with Gasteiger partial charge in [0, 0.05) is 33.3 Å². The first-order valence-electron chi connectivity index (χ1n) is 6.96. The van der Waals surface area contributed by atoms with Gasteiger partial charge in [-0.05, 0) is 39.3 Å². The van der Waals surface area contributed by atoms with Crippen LogP contribution in [0.3, 0.4) is 0 Å². The molecule has 6 nitrogen and oxygen atoms in total. The smallest absolute Gasteiger partial charge is 0.281 e. The summed E-state index contributed by atoms with van der Waals surface area (Å²) in [7, 11) is 0.240. The van der Waals surface area contributed by atoms with Crippen LogP contribution in [0.1, 0.15) is 19.8 Å². The molecule has 0 aromatic rings. The maximum atomic E-state index is 12.3. The van der Waals surface area contributed by atoms with E-state index in [1.807, 2.05) is 14.0 Å². The minimum Gasteiger partial charge on any atom is -0.380 e. The molecule has 1 saturated heterocycles. The average molecular weight is 293 g/mol. The van der Waals surface area contributed by atoms with Gasteiger partial charge in [-0.1, -0.05) is 0 Å². The summed E-state index contributed by atoms with van der Waals surface area (Å²) in [5, 5.41) is 3.15. The molecule has 1 aliphatic rings. The first-order chi connectivity index (χ1) is 9.02. The average Bonchev–Trinajstić information content (AvgIpc) is 2.40. The molecule has 0 bridgehead atoms. The van der Waals surface area contributed by atoms with Crippen molar-refractivity contribution in [1.82, 2.24) is 13.9 Å². The quantitative estimate of drug-likeness (QED) is 0.646. The fourth-order valence-electron chi connectivity index (χ4n) is 2.28. The molecular weight excluding hydrogens is 266 g/mol. The Balaban J connectivity index is 2.45. The zero-order valence-corrected chi connectivity index (χ0v) is 13.1. The monoisotopic (exact) mass is 293 g/mol. The normalized spacial score (nSPS) is 19.2. The van der Waals surface area contributed by atoms with Crippen LogP contribution in [0.4, 0.5) is 0 Å². The van der Waals surface area contributed by atoms with Gasteiger partial charge in [0.25, 0.3) is 10.2 Å². The van der Waals surface area contributed by atoms with Crippen molar-refractivity contribution in [2.24, 2.45) is 5.92 Å². The Kier molecular flexibility index (Phi) is 7.23. The third-order valence-corrected chi connectivity index (χ3v) is 5.53. The van der Waals surface area contributed by atoms with Crippen molar-refractivity contribution in [2.75, 3.05) is 53.5 Å². The second kappa shape index (κ2) is 8.16. The van der Waals surface area contributed by atoms with E-state index >= 15 is 0 Å². The summed E-state index contributed by atoms with van der Waals surface area (Å²) in [5.41, 5.74) is 0. The largest absolute Gasteiger partial charge is 0.380 e. The van der Waals surface area contributed by atoms with Crippen molar-refractivity contribution in [1.29, 1.82) is 0 Å². The molecule has 114 valence electrons. The van der Waals surface area contributed by atoms with Crippen molar-refractivity contribution in [3.8, 4) is 0 Å². The molecule has 1 rings (SSSR count). The highest BCUT2D eigenvalue weighted by Crippen LogP contribution is 2.20. The Morgan fingerprint density at radius 2 is 2.00 bits per heavy atom. The fraction of sp³-hybridized carbons (Fsp3) is 1.00. The summed E-state index contributed by atoms with van der Waals surface area (Å²) in [6, 6.07) is 0. The number of likely N-dealkylation sites (N-methyl/N-ethyl adjacent to an activating group) is 1. The number of ether oxygens (including phenoxy) is 1. The van der Waals surface area contributed by atoms with Gasteiger partial charge >= 0.3 is 0 Å². The number of nitrogens with one attached hydrogen (secondary N) is 1. The first kappa shape index (κ1) is 16.8. The molecular formula is C12H27N3O3S. The fourth-order valence-corrected chi connectivity index (χ4v) is 3.65. The van der Waals surface area contributed by atoms with Crippen molar-refractivity contribution in [3.63, 3.8) is 0 Å². The second-order valence-corrected chi connectivity index (χ2v) is 6.96. The molecule has 0 radical (unpaired) electrons. The molecule has 0 unspecified atom stereocenters. The molecule has 7 heteroatoms. The van der Waals surface area contributed by atoms with Gasteiger partial charge in [0.05, 0.1) is 6.61 Å². The van der Waals surface area contributed by atoms with E-state index in [0.29, 0.717) is 38.8 Å². The lowest BCUT2D eigenvalue weighted by Crippen LogP contribution is -2.47. The van der Waals surface area contributed by atoms with E-state index in [2.05, 4.69) is 5.32 Å². The first-order valence-corrected chi connectivity index (χ1v) is 8.35. The molecule has 1 fully saturated rings. The number of hydrogen-bond donors (Lipinski definition) is 1. The third-order valence-electron chi connectivity index (χ3n) is 3.54. The van der Waals surface area contributed by atoms with Gasteiger partial charge in [0.1, 0.15) is 0 Å². The van der Waals surface area contributed by atoms with Gasteiger partial charge in [0.15, 0.2) is 0 Å². The minimum atomic E-state index is -3.31. The van der Waals surface area contributed by atoms with Gasteiger partial charge in [-0.15, -0.1) is 0 Å². The van der Waals surface area contributed by atoms with Crippen LogP contribution < -0.4 is 5.32 Å². The zero-order valence-electron chi connectivity index (χ0n) is 12.3. The van der Waals surface area contributed by atoms with Crippen LogP contribution >= 0.6 is 0 Å². The maximum absolute atomic E-state index is 12.3.